The van der Waals surface area contributed by atoms with Crippen molar-refractivity contribution in [1.29, 1.82) is 0 Å². The highest BCUT2D eigenvalue weighted by Gasteiger charge is 2.51. The standard InChI is InChI=1S/C18H16N2O3S/c21-16(14-11-6-7-12(8-11)15(14)17(22)23)20-18-19-13(9-24-18)10-4-2-1-3-5-10/h1-7,9,11-12,14-15H,8H2,(H,22,23)(H,19,20,21)/t11-,12-,14+,15+/m0/s1. The molecule has 122 valence electrons. The quantitative estimate of drug-likeness (QED) is 0.837. The van der Waals surface area contributed by atoms with Crippen molar-refractivity contribution in [3.8, 4) is 11.3 Å². The first kappa shape index (κ1) is 15.1. The number of hydrogen-bond donors (Lipinski definition) is 2. The van der Waals surface area contributed by atoms with Crippen LogP contribution in [0.25, 0.3) is 11.3 Å². The molecule has 1 aromatic carbocycles. The molecule has 24 heavy (non-hydrogen) atoms. The third-order valence-corrected chi connectivity index (χ3v) is 5.61. The van der Waals surface area contributed by atoms with Crippen LogP contribution in [0.5, 0.6) is 0 Å². The third-order valence-electron chi connectivity index (χ3n) is 4.85. The van der Waals surface area contributed by atoms with Crippen molar-refractivity contribution in [2.45, 2.75) is 6.42 Å². The number of anilines is 1. The lowest BCUT2D eigenvalue weighted by molar-refractivity contribution is -0.146. The van der Waals surface area contributed by atoms with E-state index in [9.17, 15) is 14.7 Å². The maximum atomic E-state index is 12.6. The molecule has 1 amide bonds. The van der Waals surface area contributed by atoms with Crippen LogP contribution in [0.15, 0.2) is 47.9 Å². The maximum absolute atomic E-state index is 12.6. The van der Waals surface area contributed by atoms with Crippen LogP contribution in [0.1, 0.15) is 6.42 Å². The Labute approximate surface area is 143 Å². The van der Waals surface area contributed by atoms with Crippen molar-refractivity contribution in [2.75, 3.05) is 5.32 Å². The van der Waals surface area contributed by atoms with E-state index in [1.54, 1.807) is 0 Å². The van der Waals surface area contributed by atoms with E-state index in [1.807, 2.05) is 47.9 Å². The molecule has 4 rings (SSSR count). The fourth-order valence-electron chi connectivity index (χ4n) is 3.78. The minimum Gasteiger partial charge on any atom is -0.481 e. The van der Waals surface area contributed by atoms with Gasteiger partial charge in [0.05, 0.1) is 17.5 Å². The van der Waals surface area contributed by atoms with Crippen LogP contribution in [0.4, 0.5) is 5.13 Å². The third kappa shape index (κ3) is 2.53. The number of nitrogens with one attached hydrogen (secondary N) is 1. The van der Waals surface area contributed by atoms with Crippen LogP contribution >= 0.6 is 11.3 Å². The van der Waals surface area contributed by atoms with Crippen molar-refractivity contribution in [2.24, 2.45) is 23.7 Å². The van der Waals surface area contributed by atoms with Crippen LogP contribution in [-0.4, -0.2) is 22.0 Å². The number of rotatable bonds is 4. The van der Waals surface area contributed by atoms with Gasteiger partial charge < -0.3 is 10.4 Å². The van der Waals surface area contributed by atoms with Gasteiger partial charge >= 0.3 is 5.97 Å². The maximum Gasteiger partial charge on any atom is 0.307 e. The molecule has 1 saturated carbocycles. The number of aliphatic carboxylic acids is 1. The average molecular weight is 340 g/mol. The molecule has 1 aromatic heterocycles. The molecule has 0 radical (unpaired) electrons. The van der Waals surface area contributed by atoms with Gasteiger partial charge in [0.1, 0.15) is 0 Å². The predicted octanol–water partition coefficient (Wildman–Crippen LogP) is 3.27. The molecule has 1 heterocycles. The molecule has 2 aliphatic rings. The Morgan fingerprint density at radius 1 is 1.12 bits per heavy atom. The zero-order valence-corrected chi connectivity index (χ0v) is 13.6. The van der Waals surface area contributed by atoms with Crippen LogP contribution in [0, 0.1) is 23.7 Å². The number of carboxylic acids is 1. The van der Waals surface area contributed by atoms with Gasteiger partial charge in [0, 0.05) is 10.9 Å². The Bertz CT molecular complexity index is 815. The first-order valence-corrected chi connectivity index (χ1v) is 8.74. The van der Waals surface area contributed by atoms with E-state index >= 15 is 0 Å². The molecule has 6 heteroatoms. The first-order valence-electron chi connectivity index (χ1n) is 7.86. The van der Waals surface area contributed by atoms with Gasteiger partial charge in [-0.3, -0.25) is 9.59 Å². The minimum absolute atomic E-state index is 0.0182. The van der Waals surface area contributed by atoms with Crippen molar-refractivity contribution in [3.63, 3.8) is 0 Å². The summed E-state index contributed by atoms with van der Waals surface area (Å²) in [6.45, 7) is 0. The molecule has 2 aliphatic carbocycles. The first-order chi connectivity index (χ1) is 11.6. The van der Waals surface area contributed by atoms with E-state index in [-0.39, 0.29) is 17.7 Å². The van der Waals surface area contributed by atoms with Gasteiger partial charge in [-0.05, 0) is 18.3 Å². The molecular formula is C18H16N2O3S. The lowest BCUT2D eigenvalue weighted by atomic mass is 9.82. The molecule has 0 unspecified atom stereocenters. The summed E-state index contributed by atoms with van der Waals surface area (Å²) in [5.74, 6) is -2.29. The van der Waals surface area contributed by atoms with Crippen LogP contribution < -0.4 is 5.32 Å². The smallest absolute Gasteiger partial charge is 0.307 e. The van der Waals surface area contributed by atoms with Gasteiger partial charge in [-0.25, -0.2) is 4.98 Å². The summed E-state index contributed by atoms with van der Waals surface area (Å²) in [4.78, 5) is 28.6. The summed E-state index contributed by atoms with van der Waals surface area (Å²) in [6, 6.07) is 9.73. The van der Waals surface area contributed by atoms with Crippen molar-refractivity contribution >= 4 is 28.3 Å². The van der Waals surface area contributed by atoms with E-state index in [0.29, 0.717) is 5.13 Å². The highest BCUT2D eigenvalue weighted by atomic mass is 32.1. The molecule has 0 spiro atoms. The van der Waals surface area contributed by atoms with Gasteiger partial charge in [0.25, 0.3) is 0 Å². The molecule has 5 nitrogen and oxygen atoms in total. The summed E-state index contributed by atoms with van der Waals surface area (Å²) in [5.41, 5.74) is 1.79. The summed E-state index contributed by atoms with van der Waals surface area (Å²) < 4.78 is 0. The number of fused-ring (bicyclic) bond motifs is 2. The largest absolute Gasteiger partial charge is 0.481 e. The predicted molar refractivity (Wildman–Crippen MR) is 91.5 cm³/mol. The normalized spacial score (nSPS) is 27.3. The Kier molecular flexibility index (Phi) is 3.69. The zero-order valence-electron chi connectivity index (χ0n) is 12.8. The van der Waals surface area contributed by atoms with Crippen molar-refractivity contribution in [3.05, 3.63) is 47.9 Å². The molecule has 2 aromatic rings. The number of benzene rings is 1. The number of carbonyl (C=O) groups excluding carboxylic acids is 1. The van der Waals surface area contributed by atoms with E-state index in [0.717, 1.165) is 17.7 Å². The number of carboxylic acid groups (broad SMARTS) is 1. The van der Waals surface area contributed by atoms with Crippen LogP contribution in [-0.2, 0) is 9.59 Å². The second kappa shape index (κ2) is 5.87. The SMILES string of the molecule is O=C(O)[C@H]1[C@H](C(=O)Nc2nc(-c3ccccc3)cs2)[C@H]2C=C[C@H]1C2. The average Bonchev–Trinajstić information content (AvgIpc) is 3.30. The Morgan fingerprint density at radius 2 is 1.83 bits per heavy atom. The summed E-state index contributed by atoms with van der Waals surface area (Å²) in [6.07, 6.45) is 4.66. The van der Waals surface area contributed by atoms with Gasteiger partial charge in [0.2, 0.25) is 5.91 Å². The highest BCUT2D eigenvalue weighted by molar-refractivity contribution is 7.14. The summed E-state index contributed by atoms with van der Waals surface area (Å²) in [5, 5.41) is 14.7. The lowest BCUT2D eigenvalue weighted by Crippen LogP contribution is -2.36. The molecule has 2 N–H and O–H groups in total. The summed E-state index contributed by atoms with van der Waals surface area (Å²) >= 11 is 1.35. The number of amides is 1. The van der Waals surface area contributed by atoms with E-state index in [4.69, 9.17) is 0 Å². The van der Waals surface area contributed by atoms with Crippen molar-refractivity contribution < 1.29 is 14.7 Å². The monoisotopic (exact) mass is 340 g/mol. The van der Waals surface area contributed by atoms with Gasteiger partial charge in [-0.1, -0.05) is 42.5 Å². The van der Waals surface area contributed by atoms with E-state index < -0.39 is 17.8 Å². The number of thiazole rings is 1. The zero-order chi connectivity index (χ0) is 16.7. The van der Waals surface area contributed by atoms with Gasteiger partial charge in [0.15, 0.2) is 5.13 Å². The number of carbonyl (C=O) groups is 2. The molecule has 2 bridgehead atoms. The Morgan fingerprint density at radius 3 is 2.54 bits per heavy atom. The molecule has 0 aliphatic heterocycles. The van der Waals surface area contributed by atoms with Gasteiger partial charge in [-0.15, -0.1) is 11.3 Å². The minimum atomic E-state index is -0.892. The summed E-state index contributed by atoms with van der Waals surface area (Å²) in [7, 11) is 0. The molecule has 1 fully saturated rings. The molecular weight excluding hydrogens is 324 g/mol. The van der Waals surface area contributed by atoms with Crippen LogP contribution in [0.2, 0.25) is 0 Å². The topological polar surface area (TPSA) is 79.3 Å². The van der Waals surface area contributed by atoms with E-state index in [2.05, 4.69) is 10.3 Å². The number of aromatic nitrogens is 1. The lowest BCUT2D eigenvalue weighted by Gasteiger charge is -2.23. The number of allylic oxidation sites excluding steroid dienone is 2. The fourth-order valence-corrected chi connectivity index (χ4v) is 4.50. The second-order valence-electron chi connectivity index (χ2n) is 6.23. The van der Waals surface area contributed by atoms with Gasteiger partial charge in [-0.2, -0.15) is 0 Å². The molecule has 4 atom stereocenters. The van der Waals surface area contributed by atoms with E-state index in [1.165, 1.54) is 11.3 Å². The fraction of sp³-hybridized carbons (Fsp3) is 0.278. The number of nitrogens with zero attached hydrogens (tertiary/aromatic N) is 1. The second-order valence-corrected chi connectivity index (χ2v) is 7.09. The highest BCUT2D eigenvalue weighted by Crippen LogP contribution is 2.48. The van der Waals surface area contributed by atoms with Crippen LogP contribution in [0.3, 0.4) is 0 Å². The Hall–Kier alpha value is -2.47. The van der Waals surface area contributed by atoms with Crippen molar-refractivity contribution in [1.82, 2.24) is 4.98 Å². The number of hydrogen-bond acceptors (Lipinski definition) is 4. The Balaban J connectivity index is 1.52. The molecule has 0 saturated heterocycles.